The van der Waals surface area contributed by atoms with Gasteiger partial charge < -0.3 is 10.8 Å². The molecule has 0 aromatic carbocycles. The summed E-state index contributed by atoms with van der Waals surface area (Å²) in [6, 6.07) is -0.783. The lowest BCUT2D eigenvalue weighted by molar-refractivity contribution is -0.139. The lowest BCUT2D eigenvalue weighted by atomic mass is 9.99. The molecule has 0 aromatic rings. The molecule has 0 aliphatic heterocycles. The summed E-state index contributed by atoms with van der Waals surface area (Å²) in [6.07, 6.45) is 2.58. The van der Waals surface area contributed by atoms with Gasteiger partial charge in [0.25, 0.3) is 0 Å². The van der Waals surface area contributed by atoms with Gasteiger partial charge in [0.05, 0.1) is 0 Å². The van der Waals surface area contributed by atoms with Crippen LogP contribution in [0.5, 0.6) is 0 Å². The number of carbonyl (C=O) groups is 1. The number of allylic oxidation sites excluding steroid dienone is 1. The number of aliphatic carboxylic acids is 1. The standard InChI is InChI=1S/C8H15NO2S/c1-5(4-6(2)12-3)7(9)8(10)11/h5,7H,2,4,9H2,1,3H3,(H,10,11). The van der Waals surface area contributed by atoms with Crippen molar-refractivity contribution < 1.29 is 9.90 Å². The van der Waals surface area contributed by atoms with Crippen LogP contribution in [0.3, 0.4) is 0 Å². The van der Waals surface area contributed by atoms with Crippen LogP contribution in [0.25, 0.3) is 0 Å². The average Bonchev–Trinajstić information content (AvgIpc) is 2.02. The average molecular weight is 189 g/mol. The van der Waals surface area contributed by atoms with Crippen molar-refractivity contribution in [3.63, 3.8) is 0 Å². The van der Waals surface area contributed by atoms with E-state index in [1.807, 2.05) is 13.2 Å². The number of hydrogen-bond acceptors (Lipinski definition) is 3. The predicted octanol–water partition coefficient (Wildman–Crippen LogP) is 1.30. The fraction of sp³-hybridized carbons (Fsp3) is 0.625. The van der Waals surface area contributed by atoms with Gasteiger partial charge in [-0.05, 0) is 23.5 Å². The summed E-state index contributed by atoms with van der Waals surface area (Å²) in [5.41, 5.74) is 5.41. The Hall–Kier alpha value is -0.480. The minimum Gasteiger partial charge on any atom is -0.480 e. The van der Waals surface area contributed by atoms with E-state index in [2.05, 4.69) is 6.58 Å². The van der Waals surface area contributed by atoms with Crippen molar-refractivity contribution in [2.24, 2.45) is 11.7 Å². The molecule has 0 spiro atoms. The van der Waals surface area contributed by atoms with E-state index >= 15 is 0 Å². The van der Waals surface area contributed by atoms with Crippen molar-refractivity contribution in [2.45, 2.75) is 19.4 Å². The molecule has 2 unspecified atom stereocenters. The number of rotatable bonds is 5. The van der Waals surface area contributed by atoms with Crippen molar-refractivity contribution in [3.8, 4) is 0 Å². The second-order valence-electron chi connectivity index (χ2n) is 2.79. The molecule has 0 radical (unpaired) electrons. The van der Waals surface area contributed by atoms with Gasteiger partial charge in [-0.2, -0.15) is 0 Å². The summed E-state index contributed by atoms with van der Waals surface area (Å²) >= 11 is 1.54. The second-order valence-corrected chi connectivity index (χ2v) is 3.77. The van der Waals surface area contributed by atoms with E-state index in [-0.39, 0.29) is 5.92 Å². The van der Waals surface area contributed by atoms with Gasteiger partial charge in [0.2, 0.25) is 0 Å². The summed E-state index contributed by atoms with van der Waals surface area (Å²) in [6.45, 7) is 5.59. The zero-order valence-corrected chi connectivity index (χ0v) is 8.23. The molecule has 12 heavy (non-hydrogen) atoms. The number of thioether (sulfide) groups is 1. The molecule has 0 aliphatic carbocycles. The maximum absolute atomic E-state index is 10.4. The first-order chi connectivity index (χ1) is 5.49. The highest BCUT2D eigenvalue weighted by Crippen LogP contribution is 2.20. The molecule has 3 N–H and O–H groups in total. The first-order valence-electron chi connectivity index (χ1n) is 3.69. The third kappa shape index (κ3) is 3.78. The van der Waals surface area contributed by atoms with Crippen molar-refractivity contribution >= 4 is 17.7 Å². The number of carboxylic acid groups (broad SMARTS) is 1. The van der Waals surface area contributed by atoms with Gasteiger partial charge in [-0.1, -0.05) is 13.5 Å². The van der Waals surface area contributed by atoms with Crippen LogP contribution < -0.4 is 5.73 Å². The molecule has 0 amide bonds. The first kappa shape index (κ1) is 11.5. The van der Waals surface area contributed by atoms with Gasteiger partial charge in [-0.3, -0.25) is 4.79 Å². The molecule has 0 heterocycles. The van der Waals surface area contributed by atoms with E-state index in [4.69, 9.17) is 10.8 Å². The van der Waals surface area contributed by atoms with E-state index in [1.165, 1.54) is 11.8 Å². The highest BCUT2D eigenvalue weighted by atomic mass is 32.2. The van der Waals surface area contributed by atoms with E-state index in [9.17, 15) is 4.79 Å². The Morgan fingerprint density at radius 3 is 2.58 bits per heavy atom. The minimum atomic E-state index is -0.948. The largest absolute Gasteiger partial charge is 0.480 e. The minimum absolute atomic E-state index is 0.0533. The van der Waals surface area contributed by atoms with Crippen LogP contribution >= 0.6 is 11.8 Å². The van der Waals surface area contributed by atoms with E-state index < -0.39 is 12.0 Å². The normalized spacial score (nSPS) is 15.2. The SMILES string of the molecule is C=C(CC(C)C(N)C(=O)O)SC. The summed E-state index contributed by atoms with van der Waals surface area (Å²) in [5.74, 6) is -1.00. The molecular weight excluding hydrogens is 174 g/mol. The van der Waals surface area contributed by atoms with Crippen LogP contribution in [-0.4, -0.2) is 23.4 Å². The molecule has 0 saturated carbocycles. The molecule has 2 atom stereocenters. The van der Waals surface area contributed by atoms with Gasteiger partial charge in [-0.15, -0.1) is 11.8 Å². The molecular formula is C8H15NO2S. The van der Waals surface area contributed by atoms with E-state index in [0.717, 1.165) is 4.91 Å². The zero-order valence-electron chi connectivity index (χ0n) is 7.41. The Kier molecular flexibility index (Phi) is 5.01. The Bertz CT molecular complexity index is 182. The van der Waals surface area contributed by atoms with Crippen LogP contribution in [-0.2, 0) is 4.79 Å². The lowest BCUT2D eigenvalue weighted by Gasteiger charge is -2.15. The van der Waals surface area contributed by atoms with Crippen molar-refractivity contribution in [1.82, 2.24) is 0 Å². The van der Waals surface area contributed by atoms with Crippen LogP contribution in [0.4, 0.5) is 0 Å². The van der Waals surface area contributed by atoms with E-state index in [0.29, 0.717) is 6.42 Å². The Morgan fingerprint density at radius 1 is 1.75 bits per heavy atom. The Balaban J connectivity index is 3.94. The number of carboxylic acids is 1. The highest BCUT2D eigenvalue weighted by molar-refractivity contribution is 8.02. The monoisotopic (exact) mass is 189 g/mol. The first-order valence-corrected chi connectivity index (χ1v) is 4.91. The van der Waals surface area contributed by atoms with Crippen LogP contribution in [0.2, 0.25) is 0 Å². The third-order valence-corrected chi connectivity index (χ3v) is 2.48. The number of hydrogen-bond donors (Lipinski definition) is 2. The molecule has 70 valence electrons. The number of nitrogens with two attached hydrogens (primary N) is 1. The van der Waals surface area contributed by atoms with Gasteiger partial charge >= 0.3 is 5.97 Å². The molecule has 0 saturated heterocycles. The lowest BCUT2D eigenvalue weighted by Crippen LogP contribution is -2.36. The van der Waals surface area contributed by atoms with Crippen LogP contribution in [0.15, 0.2) is 11.5 Å². The zero-order chi connectivity index (χ0) is 9.72. The molecule has 0 bridgehead atoms. The van der Waals surface area contributed by atoms with Crippen molar-refractivity contribution in [2.75, 3.05) is 6.26 Å². The highest BCUT2D eigenvalue weighted by Gasteiger charge is 2.19. The quantitative estimate of drug-likeness (QED) is 0.684. The van der Waals surface area contributed by atoms with Crippen molar-refractivity contribution in [3.05, 3.63) is 11.5 Å². The summed E-state index contributed by atoms with van der Waals surface area (Å²) < 4.78 is 0. The second kappa shape index (κ2) is 5.22. The van der Waals surface area contributed by atoms with Gasteiger partial charge in [0.1, 0.15) is 6.04 Å². The fourth-order valence-electron chi connectivity index (χ4n) is 0.813. The van der Waals surface area contributed by atoms with Gasteiger partial charge in [0.15, 0.2) is 0 Å². The van der Waals surface area contributed by atoms with Crippen LogP contribution in [0.1, 0.15) is 13.3 Å². The molecule has 0 aromatic heterocycles. The Morgan fingerprint density at radius 2 is 2.25 bits per heavy atom. The Labute approximate surface area is 77.0 Å². The smallest absolute Gasteiger partial charge is 0.320 e. The topological polar surface area (TPSA) is 63.3 Å². The molecule has 4 heteroatoms. The summed E-state index contributed by atoms with van der Waals surface area (Å²) in [4.78, 5) is 11.4. The summed E-state index contributed by atoms with van der Waals surface area (Å²) in [7, 11) is 0. The van der Waals surface area contributed by atoms with Gasteiger partial charge in [-0.25, -0.2) is 0 Å². The molecule has 0 fully saturated rings. The predicted molar refractivity (Wildman–Crippen MR) is 52.0 cm³/mol. The maximum atomic E-state index is 10.4. The molecule has 3 nitrogen and oxygen atoms in total. The van der Waals surface area contributed by atoms with Crippen molar-refractivity contribution in [1.29, 1.82) is 0 Å². The van der Waals surface area contributed by atoms with E-state index in [1.54, 1.807) is 0 Å². The van der Waals surface area contributed by atoms with Crippen LogP contribution in [0, 0.1) is 5.92 Å². The fourth-order valence-corrected chi connectivity index (χ4v) is 1.24. The maximum Gasteiger partial charge on any atom is 0.320 e. The summed E-state index contributed by atoms with van der Waals surface area (Å²) in [5, 5.41) is 8.58. The molecule has 0 aliphatic rings. The third-order valence-electron chi connectivity index (χ3n) is 1.74. The van der Waals surface area contributed by atoms with Gasteiger partial charge in [0, 0.05) is 0 Å². The molecule has 0 rings (SSSR count).